The summed E-state index contributed by atoms with van der Waals surface area (Å²) in [7, 11) is 0. The molecule has 0 spiro atoms. The lowest BCUT2D eigenvalue weighted by Gasteiger charge is -2.63. The normalized spacial score (nSPS) is 59.1. The molecule has 0 N–H and O–H groups in total. The van der Waals surface area contributed by atoms with Crippen LogP contribution in [0.25, 0.3) is 0 Å². The Labute approximate surface area is 87.0 Å². The highest BCUT2D eigenvalue weighted by Gasteiger charge is 2.68. The van der Waals surface area contributed by atoms with Gasteiger partial charge >= 0.3 is 11.4 Å². The summed E-state index contributed by atoms with van der Waals surface area (Å²) in [6, 6.07) is 0. The van der Waals surface area contributed by atoms with Crippen LogP contribution in [-0.2, 0) is 19.7 Å². The molecule has 3 aliphatic carbocycles. The van der Waals surface area contributed by atoms with Crippen molar-refractivity contribution in [2.24, 2.45) is 17.3 Å². The van der Waals surface area contributed by atoms with E-state index in [-0.39, 0.29) is 11.7 Å². The van der Waals surface area contributed by atoms with Crippen LogP contribution in [0.4, 0.5) is 0 Å². The maximum absolute atomic E-state index is 11.3. The lowest BCUT2D eigenvalue weighted by Crippen LogP contribution is -2.65. The predicted molar refractivity (Wildman–Crippen MR) is 52.5 cm³/mol. The molecule has 0 aromatic rings. The van der Waals surface area contributed by atoms with Gasteiger partial charge in [0.25, 0.3) is 0 Å². The summed E-state index contributed by atoms with van der Waals surface area (Å²) in [4.78, 5) is 0. The molecule has 80 valence electrons. The second-order valence-electron chi connectivity index (χ2n) is 5.60. The molecule has 0 aromatic carbocycles. The highest BCUT2D eigenvalue weighted by Crippen LogP contribution is 2.65. The average molecular weight is 216 g/mol. The van der Waals surface area contributed by atoms with Crippen molar-refractivity contribution in [1.29, 1.82) is 0 Å². The molecule has 0 radical (unpaired) electrons. The van der Waals surface area contributed by atoms with E-state index in [4.69, 9.17) is 8.37 Å². The van der Waals surface area contributed by atoms with Crippen molar-refractivity contribution in [2.45, 2.75) is 45.3 Å². The quantitative estimate of drug-likeness (QED) is 0.619. The monoisotopic (exact) mass is 216 g/mol. The Kier molecular flexibility index (Phi) is 1.61. The predicted octanol–water partition coefficient (Wildman–Crippen LogP) is 1.81. The summed E-state index contributed by atoms with van der Waals surface area (Å²) < 4.78 is 22.1. The average Bonchev–Trinajstić information content (AvgIpc) is 2.37. The first-order valence-corrected chi connectivity index (χ1v) is 6.23. The molecular weight excluding hydrogens is 200 g/mol. The van der Waals surface area contributed by atoms with Gasteiger partial charge in [0, 0.05) is 0 Å². The Morgan fingerprint density at radius 3 is 2.64 bits per heavy atom. The van der Waals surface area contributed by atoms with E-state index in [0.29, 0.717) is 11.3 Å². The maximum atomic E-state index is 11.3. The van der Waals surface area contributed by atoms with E-state index in [2.05, 4.69) is 20.8 Å². The van der Waals surface area contributed by atoms with Crippen molar-refractivity contribution >= 4 is 11.4 Å². The maximum Gasteiger partial charge on any atom is 0.305 e. The summed E-state index contributed by atoms with van der Waals surface area (Å²) in [5, 5.41) is 0. The molecule has 1 saturated heterocycles. The van der Waals surface area contributed by atoms with Gasteiger partial charge in [-0.3, -0.25) is 8.37 Å². The Morgan fingerprint density at radius 1 is 1.29 bits per heavy atom. The highest BCUT2D eigenvalue weighted by atomic mass is 32.2. The van der Waals surface area contributed by atoms with E-state index in [0.717, 1.165) is 12.3 Å². The largest absolute Gasteiger partial charge is 0.305 e. The highest BCUT2D eigenvalue weighted by molar-refractivity contribution is 7.75. The van der Waals surface area contributed by atoms with Gasteiger partial charge in [-0.05, 0) is 37.0 Å². The minimum atomic E-state index is -1.51. The first-order valence-electron chi connectivity index (χ1n) is 5.23. The molecular formula is C10H16O3S. The molecule has 0 amide bonds. The molecule has 4 aliphatic rings. The van der Waals surface area contributed by atoms with Gasteiger partial charge in [0.1, 0.15) is 11.7 Å². The smallest absolute Gasteiger partial charge is 0.262 e. The molecule has 3 nitrogen and oxygen atoms in total. The van der Waals surface area contributed by atoms with E-state index in [1.807, 2.05) is 0 Å². The fourth-order valence-electron chi connectivity index (χ4n) is 3.61. The SMILES string of the molecule is CC1(C)[C@@H]2C[C@H]3O[S@@](=O)O[C@@]3(C)[C@H]1C2. The lowest BCUT2D eigenvalue weighted by molar-refractivity contribution is -0.199. The third kappa shape index (κ3) is 0.877. The van der Waals surface area contributed by atoms with Crippen LogP contribution in [0.3, 0.4) is 0 Å². The molecule has 1 heterocycles. The molecule has 4 heteroatoms. The van der Waals surface area contributed by atoms with Crippen molar-refractivity contribution in [2.75, 3.05) is 0 Å². The van der Waals surface area contributed by atoms with Gasteiger partial charge in [0.05, 0.1) is 0 Å². The second-order valence-corrected chi connectivity index (χ2v) is 6.37. The Morgan fingerprint density at radius 2 is 2.00 bits per heavy atom. The Balaban J connectivity index is 1.98. The van der Waals surface area contributed by atoms with Crippen LogP contribution >= 0.6 is 0 Å². The number of hydrogen-bond acceptors (Lipinski definition) is 3. The molecule has 0 unspecified atom stereocenters. The van der Waals surface area contributed by atoms with Crippen molar-refractivity contribution < 1.29 is 12.6 Å². The molecule has 5 atom stereocenters. The molecule has 2 bridgehead atoms. The van der Waals surface area contributed by atoms with Crippen LogP contribution in [-0.4, -0.2) is 15.9 Å². The van der Waals surface area contributed by atoms with Gasteiger partial charge in [-0.15, -0.1) is 0 Å². The summed E-state index contributed by atoms with van der Waals surface area (Å²) in [5.41, 5.74) is 0.0340. The van der Waals surface area contributed by atoms with Gasteiger partial charge in [0.2, 0.25) is 0 Å². The third-order valence-corrected chi connectivity index (χ3v) is 5.63. The summed E-state index contributed by atoms with van der Waals surface area (Å²) >= 11 is -1.51. The summed E-state index contributed by atoms with van der Waals surface area (Å²) in [6.45, 7) is 6.64. The number of rotatable bonds is 0. The fourth-order valence-corrected chi connectivity index (χ4v) is 4.63. The van der Waals surface area contributed by atoms with E-state index in [1.54, 1.807) is 0 Å². The number of hydrogen-bond donors (Lipinski definition) is 0. The van der Waals surface area contributed by atoms with Crippen molar-refractivity contribution in [3.63, 3.8) is 0 Å². The molecule has 4 rings (SSSR count). The van der Waals surface area contributed by atoms with Crippen LogP contribution in [0.5, 0.6) is 0 Å². The molecule has 4 fully saturated rings. The Bertz CT molecular complexity index is 314. The van der Waals surface area contributed by atoms with E-state index in [9.17, 15) is 4.21 Å². The van der Waals surface area contributed by atoms with Crippen LogP contribution in [0, 0.1) is 17.3 Å². The third-order valence-electron chi connectivity index (χ3n) is 4.74. The standard InChI is InChI=1S/C10H16O3S/c1-9(2)6-4-7(9)10(3)8(5-6)12-14(11)13-10/h6-8H,4-5H2,1-3H3/t6-,7-,8+,10-,14+/m0/s1. The molecule has 0 aromatic heterocycles. The van der Waals surface area contributed by atoms with Gasteiger partial charge in [-0.2, -0.15) is 4.21 Å². The fraction of sp³-hybridized carbons (Fsp3) is 1.00. The zero-order valence-electron chi connectivity index (χ0n) is 8.78. The van der Waals surface area contributed by atoms with Crippen LogP contribution in [0.1, 0.15) is 33.6 Å². The zero-order valence-corrected chi connectivity index (χ0v) is 9.60. The second kappa shape index (κ2) is 2.42. The minimum Gasteiger partial charge on any atom is -0.262 e. The summed E-state index contributed by atoms with van der Waals surface area (Å²) in [5.74, 6) is 1.23. The molecule has 1 aliphatic heterocycles. The molecule has 14 heavy (non-hydrogen) atoms. The van der Waals surface area contributed by atoms with Crippen molar-refractivity contribution in [1.82, 2.24) is 0 Å². The van der Waals surface area contributed by atoms with Crippen LogP contribution in [0.15, 0.2) is 0 Å². The lowest BCUT2D eigenvalue weighted by atomic mass is 9.43. The van der Waals surface area contributed by atoms with E-state index >= 15 is 0 Å². The minimum absolute atomic E-state index is 0.0557. The first kappa shape index (κ1) is 9.31. The van der Waals surface area contributed by atoms with E-state index < -0.39 is 11.4 Å². The summed E-state index contributed by atoms with van der Waals surface area (Å²) in [6.07, 6.45) is 2.27. The topological polar surface area (TPSA) is 35.5 Å². The zero-order chi connectivity index (χ0) is 10.1. The van der Waals surface area contributed by atoms with Gasteiger partial charge in [0.15, 0.2) is 0 Å². The van der Waals surface area contributed by atoms with Crippen LogP contribution in [0.2, 0.25) is 0 Å². The van der Waals surface area contributed by atoms with Crippen molar-refractivity contribution in [3.05, 3.63) is 0 Å². The van der Waals surface area contributed by atoms with Gasteiger partial charge < -0.3 is 0 Å². The van der Waals surface area contributed by atoms with Gasteiger partial charge in [-0.25, -0.2) is 0 Å². The van der Waals surface area contributed by atoms with E-state index in [1.165, 1.54) is 6.42 Å². The Hall–Kier alpha value is 0.0700. The van der Waals surface area contributed by atoms with Gasteiger partial charge in [-0.1, -0.05) is 13.8 Å². The molecule has 3 saturated carbocycles. The van der Waals surface area contributed by atoms with Crippen LogP contribution < -0.4 is 0 Å². The van der Waals surface area contributed by atoms with Crippen molar-refractivity contribution in [3.8, 4) is 0 Å². The first-order chi connectivity index (χ1) is 6.44.